The second-order valence-corrected chi connectivity index (χ2v) is 3.92. The van der Waals surface area contributed by atoms with Gasteiger partial charge in [-0.05, 0) is 29.7 Å². The molecule has 0 aliphatic rings. The maximum absolute atomic E-state index is 5.80. The van der Waals surface area contributed by atoms with Crippen molar-refractivity contribution >= 4 is 0 Å². The van der Waals surface area contributed by atoms with Crippen molar-refractivity contribution in [2.75, 3.05) is 6.61 Å². The van der Waals surface area contributed by atoms with Crippen LogP contribution in [0.5, 0.6) is 5.75 Å². The molecule has 1 aromatic heterocycles. The number of aryl methyl sites for hydroxylation is 1. The van der Waals surface area contributed by atoms with Gasteiger partial charge in [-0.15, -0.1) is 0 Å². The first-order valence-corrected chi connectivity index (χ1v) is 5.99. The van der Waals surface area contributed by atoms with Gasteiger partial charge in [-0.3, -0.25) is 4.98 Å². The Labute approximate surface area is 102 Å². The number of rotatable bonds is 5. The number of para-hydroxylation sites is 1. The van der Waals surface area contributed by atoms with Crippen molar-refractivity contribution in [1.29, 1.82) is 0 Å². The van der Waals surface area contributed by atoms with E-state index >= 15 is 0 Å². The lowest BCUT2D eigenvalue weighted by Gasteiger charge is -2.09. The molecule has 0 saturated heterocycles. The Kier molecular flexibility index (Phi) is 4.14. The van der Waals surface area contributed by atoms with Crippen molar-refractivity contribution in [3.05, 3.63) is 59.9 Å². The lowest BCUT2D eigenvalue weighted by molar-refractivity contribution is 0.318. The molecule has 0 unspecified atom stereocenters. The van der Waals surface area contributed by atoms with Crippen molar-refractivity contribution in [3.8, 4) is 5.75 Å². The molecule has 0 bridgehead atoms. The molecule has 2 nitrogen and oxygen atoms in total. The summed E-state index contributed by atoms with van der Waals surface area (Å²) in [6.07, 6.45) is 5.57. The molecule has 0 aliphatic heterocycles. The van der Waals surface area contributed by atoms with Gasteiger partial charge in [0.15, 0.2) is 0 Å². The van der Waals surface area contributed by atoms with E-state index in [1.807, 2.05) is 30.5 Å². The largest absolute Gasteiger partial charge is 0.493 e. The van der Waals surface area contributed by atoms with Crippen LogP contribution in [0.2, 0.25) is 0 Å². The fraction of sp³-hybridized carbons (Fsp3) is 0.267. The minimum Gasteiger partial charge on any atom is -0.493 e. The predicted octanol–water partition coefficient (Wildman–Crippen LogP) is 3.27. The van der Waals surface area contributed by atoms with E-state index in [-0.39, 0.29) is 0 Å². The van der Waals surface area contributed by atoms with Crippen LogP contribution in [-0.4, -0.2) is 11.6 Å². The molecule has 0 saturated carbocycles. The average molecular weight is 227 g/mol. The van der Waals surface area contributed by atoms with Gasteiger partial charge in [0, 0.05) is 18.8 Å². The predicted molar refractivity (Wildman–Crippen MR) is 69.3 cm³/mol. The third-order valence-electron chi connectivity index (χ3n) is 2.72. The van der Waals surface area contributed by atoms with E-state index in [0.29, 0.717) is 6.61 Å². The topological polar surface area (TPSA) is 22.1 Å². The summed E-state index contributed by atoms with van der Waals surface area (Å²) in [4.78, 5) is 4.09. The van der Waals surface area contributed by atoms with Crippen molar-refractivity contribution in [2.24, 2.45) is 0 Å². The van der Waals surface area contributed by atoms with Crippen LogP contribution in [0.15, 0.2) is 48.8 Å². The van der Waals surface area contributed by atoms with E-state index in [1.165, 1.54) is 11.1 Å². The number of hydrogen-bond acceptors (Lipinski definition) is 2. The molecule has 1 heterocycles. The molecule has 0 atom stereocenters. The lowest BCUT2D eigenvalue weighted by Crippen LogP contribution is -2.03. The zero-order chi connectivity index (χ0) is 11.9. The first kappa shape index (κ1) is 11.6. The molecule has 0 spiro atoms. The number of ether oxygens (including phenoxy) is 1. The monoisotopic (exact) mass is 227 g/mol. The second kappa shape index (κ2) is 6.04. The molecule has 1 aromatic carbocycles. The van der Waals surface area contributed by atoms with Gasteiger partial charge in [0.25, 0.3) is 0 Å². The van der Waals surface area contributed by atoms with Gasteiger partial charge in [0.2, 0.25) is 0 Å². The highest BCUT2D eigenvalue weighted by molar-refractivity contribution is 5.33. The Morgan fingerprint density at radius 3 is 2.76 bits per heavy atom. The van der Waals surface area contributed by atoms with Gasteiger partial charge in [0.05, 0.1) is 6.61 Å². The van der Waals surface area contributed by atoms with Crippen LogP contribution in [0.4, 0.5) is 0 Å². The van der Waals surface area contributed by atoms with Crippen molar-refractivity contribution in [3.63, 3.8) is 0 Å². The molecular weight excluding hydrogens is 210 g/mol. The fourth-order valence-electron chi connectivity index (χ4n) is 1.76. The second-order valence-electron chi connectivity index (χ2n) is 3.92. The summed E-state index contributed by atoms with van der Waals surface area (Å²) in [5, 5.41) is 0. The van der Waals surface area contributed by atoms with E-state index in [0.717, 1.165) is 18.6 Å². The normalized spacial score (nSPS) is 10.2. The molecule has 0 fully saturated rings. The summed E-state index contributed by atoms with van der Waals surface area (Å²) in [6, 6.07) is 12.2. The maximum atomic E-state index is 5.80. The summed E-state index contributed by atoms with van der Waals surface area (Å²) in [7, 11) is 0. The van der Waals surface area contributed by atoms with Gasteiger partial charge in [-0.1, -0.05) is 31.2 Å². The van der Waals surface area contributed by atoms with Gasteiger partial charge in [-0.2, -0.15) is 0 Å². The van der Waals surface area contributed by atoms with Crippen LogP contribution in [0, 0.1) is 0 Å². The van der Waals surface area contributed by atoms with E-state index in [4.69, 9.17) is 4.74 Å². The smallest absolute Gasteiger partial charge is 0.122 e. The average Bonchev–Trinajstić information content (AvgIpc) is 2.40. The van der Waals surface area contributed by atoms with Gasteiger partial charge in [0.1, 0.15) is 5.75 Å². The molecule has 88 valence electrons. The minimum absolute atomic E-state index is 0.697. The zero-order valence-electron chi connectivity index (χ0n) is 10.1. The summed E-state index contributed by atoms with van der Waals surface area (Å²) >= 11 is 0. The molecule has 0 radical (unpaired) electrons. The lowest BCUT2D eigenvalue weighted by atomic mass is 10.1. The van der Waals surface area contributed by atoms with Crippen LogP contribution >= 0.6 is 0 Å². The van der Waals surface area contributed by atoms with Crippen molar-refractivity contribution < 1.29 is 4.74 Å². The van der Waals surface area contributed by atoms with E-state index in [2.05, 4.69) is 24.0 Å². The van der Waals surface area contributed by atoms with Crippen LogP contribution in [-0.2, 0) is 12.8 Å². The quantitative estimate of drug-likeness (QED) is 0.782. The molecular formula is C15H17NO. The Morgan fingerprint density at radius 1 is 1.12 bits per heavy atom. The molecule has 2 heteroatoms. The first-order chi connectivity index (χ1) is 8.40. The number of nitrogens with zero attached hydrogens (tertiary/aromatic N) is 1. The van der Waals surface area contributed by atoms with Gasteiger partial charge < -0.3 is 4.74 Å². The van der Waals surface area contributed by atoms with Gasteiger partial charge >= 0.3 is 0 Å². The van der Waals surface area contributed by atoms with Crippen LogP contribution in [0.1, 0.15) is 18.1 Å². The molecule has 2 aromatic rings. The third kappa shape index (κ3) is 3.31. The Balaban J connectivity index is 1.90. The molecule has 0 aliphatic carbocycles. The summed E-state index contributed by atoms with van der Waals surface area (Å²) in [6.45, 7) is 2.84. The zero-order valence-corrected chi connectivity index (χ0v) is 10.1. The van der Waals surface area contributed by atoms with Crippen molar-refractivity contribution in [1.82, 2.24) is 4.98 Å². The first-order valence-electron chi connectivity index (χ1n) is 5.99. The SMILES string of the molecule is CCc1ccccc1OCCc1cccnc1. The maximum Gasteiger partial charge on any atom is 0.122 e. The molecule has 0 N–H and O–H groups in total. The van der Waals surface area contributed by atoms with Crippen molar-refractivity contribution in [2.45, 2.75) is 19.8 Å². The molecule has 2 rings (SSSR count). The van der Waals surface area contributed by atoms with Crippen LogP contribution in [0.25, 0.3) is 0 Å². The number of benzene rings is 1. The summed E-state index contributed by atoms with van der Waals surface area (Å²) < 4.78 is 5.80. The minimum atomic E-state index is 0.697. The number of pyridine rings is 1. The Morgan fingerprint density at radius 2 is 2.00 bits per heavy atom. The van der Waals surface area contributed by atoms with E-state index < -0.39 is 0 Å². The fourth-order valence-corrected chi connectivity index (χ4v) is 1.76. The van der Waals surface area contributed by atoms with Gasteiger partial charge in [-0.25, -0.2) is 0 Å². The number of aromatic nitrogens is 1. The molecule has 0 amide bonds. The van der Waals surface area contributed by atoms with E-state index in [1.54, 1.807) is 6.20 Å². The third-order valence-corrected chi connectivity index (χ3v) is 2.72. The molecule has 17 heavy (non-hydrogen) atoms. The van der Waals surface area contributed by atoms with Crippen LogP contribution in [0.3, 0.4) is 0 Å². The Hall–Kier alpha value is -1.83. The van der Waals surface area contributed by atoms with E-state index in [9.17, 15) is 0 Å². The highest BCUT2D eigenvalue weighted by atomic mass is 16.5. The summed E-state index contributed by atoms with van der Waals surface area (Å²) in [5.74, 6) is 0.999. The number of hydrogen-bond donors (Lipinski definition) is 0. The van der Waals surface area contributed by atoms with Crippen LogP contribution < -0.4 is 4.74 Å². The standard InChI is InChI=1S/C15H17NO/c1-2-14-7-3-4-8-15(14)17-11-9-13-6-5-10-16-12-13/h3-8,10,12H,2,9,11H2,1H3. The highest BCUT2D eigenvalue weighted by Crippen LogP contribution is 2.18. The summed E-state index contributed by atoms with van der Waals surface area (Å²) in [5.41, 5.74) is 2.47. The highest BCUT2D eigenvalue weighted by Gasteiger charge is 2.00. The Bertz CT molecular complexity index is 453.